The van der Waals surface area contributed by atoms with Gasteiger partial charge in [0.05, 0.1) is 16.6 Å². The highest BCUT2D eigenvalue weighted by molar-refractivity contribution is 7.92. The van der Waals surface area contributed by atoms with Gasteiger partial charge in [0.1, 0.15) is 0 Å². The van der Waals surface area contributed by atoms with E-state index in [2.05, 4.69) is 4.72 Å². The fraction of sp³-hybridized carbons (Fsp3) is 0.133. The molecule has 0 spiro atoms. The van der Waals surface area contributed by atoms with Crippen LogP contribution in [0.2, 0.25) is 0 Å². The summed E-state index contributed by atoms with van der Waals surface area (Å²) in [5, 5.41) is 10.8. The summed E-state index contributed by atoms with van der Waals surface area (Å²) in [7, 11) is -3.86. The number of rotatable bonds is 4. The molecule has 0 aliphatic rings. The van der Waals surface area contributed by atoms with Crippen molar-refractivity contribution < 1.29 is 18.3 Å². The molecule has 0 saturated heterocycles. The summed E-state index contributed by atoms with van der Waals surface area (Å²) in [6.07, 6.45) is 0. The maximum Gasteiger partial charge on any atom is 0.261 e. The molecule has 21 heavy (non-hydrogen) atoms. The van der Waals surface area contributed by atoms with Crippen LogP contribution in [0.3, 0.4) is 0 Å². The Morgan fingerprint density at radius 3 is 2.19 bits per heavy atom. The van der Waals surface area contributed by atoms with Crippen molar-refractivity contribution in [2.75, 3.05) is 4.72 Å². The van der Waals surface area contributed by atoms with Crippen molar-refractivity contribution in [2.24, 2.45) is 0 Å². The number of anilines is 1. The van der Waals surface area contributed by atoms with E-state index in [0.29, 0.717) is 5.69 Å². The summed E-state index contributed by atoms with van der Waals surface area (Å²) in [6.45, 7) is 3.59. The molecule has 0 radical (unpaired) electrons. The van der Waals surface area contributed by atoms with Gasteiger partial charge < -0.3 is 9.90 Å². The first-order valence-corrected chi connectivity index (χ1v) is 7.70. The molecule has 2 rings (SSSR count). The third kappa shape index (κ3) is 3.22. The van der Waals surface area contributed by atoms with Gasteiger partial charge in [-0.05, 0) is 42.7 Å². The Hall–Kier alpha value is -2.34. The monoisotopic (exact) mass is 304 g/mol. The second-order valence-corrected chi connectivity index (χ2v) is 6.37. The average molecular weight is 304 g/mol. The molecular weight excluding hydrogens is 290 g/mol. The summed E-state index contributed by atoms with van der Waals surface area (Å²) in [5.74, 6) is -1.42. The summed E-state index contributed by atoms with van der Waals surface area (Å²) in [6, 6.07) is 10.5. The zero-order valence-corrected chi connectivity index (χ0v) is 12.4. The van der Waals surface area contributed by atoms with Crippen LogP contribution in [0.5, 0.6) is 0 Å². The van der Waals surface area contributed by atoms with E-state index in [1.165, 1.54) is 18.2 Å². The van der Waals surface area contributed by atoms with Crippen molar-refractivity contribution in [2.45, 2.75) is 18.7 Å². The van der Waals surface area contributed by atoms with E-state index in [1.807, 2.05) is 6.07 Å². The van der Waals surface area contributed by atoms with Crippen LogP contribution in [0.4, 0.5) is 5.69 Å². The first-order chi connectivity index (χ1) is 9.81. The number of carbonyl (C=O) groups excluding carboxylic acids is 1. The molecule has 0 fully saturated rings. The lowest BCUT2D eigenvalue weighted by Gasteiger charge is -2.14. The molecule has 0 bridgehead atoms. The normalized spacial score (nSPS) is 11.1. The number of para-hydroxylation sites is 1. The van der Waals surface area contributed by atoms with Crippen molar-refractivity contribution in [3.63, 3.8) is 0 Å². The molecule has 0 heterocycles. The largest absolute Gasteiger partial charge is 0.545 e. The highest BCUT2D eigenvalue weighted by Crippen LogP contribution is 2.23. The van der Waals surface area contributed by atoms with E-state index in [0.717, 1.165) is 17.2 Å². The number of carboxylic acid groups (broad SMARTS) is 1. The first kappa shape index (κ1) is 15.1. The third-order valence-electron chi connectivity index (χ3n) is 3.10. The standard InChI is InChI=1S/C15H15NO4S/c1-10-5-3-6-11(2)14(10)16-21(19,20)13-8-4-7-12(9-13)15(17)18/h3-9,16H,1-2H3,(H,17,18)/p-1. The molecule has 0 saturated carbocycles. The van der Waals surface area contributed by atoms with E-state index < -0.39 is 16.0 Å². The number of aryl methyl sites for hydroxylation is 2. The van der Waals surface area contributed by atoms with Crippen LogP contribution in [-0.2, 0) is 10.0 Å². The van der Waals surface area contributed by atoms with Gasteiger partial charge in [-0.1, -0.05) is 30.3 Å². The molecule has 2 aromatic carbocycles. The van der Waals surface area contributed by atoms with Crippen molar-refractivity contribution in [1.82, 2.24) is 0 Å². The van der Waals surface area contributed by atoms with Crippen molar-refractivity contribution >= 4 is 21.7 Å². The van der Waals surface area contributed by atoms with Gasteiger partial charge in [-0.3, -0.25) is 4.72 Å². The van der Waals surface area contributed by atoms with Crippen LogP contribution in [0.25, 0.3) is 0 Å². The van der Waals surface area contributed by atoms with Gasteiger partial charge in [0.25, 0.3) is 10.0 Å². The van der Waals surface area contributed by atoms with Gasteiger partial charge in [-0.15, -0.1) is 0 Å². The topological polar surface area (TPSA) is 86.3 Å². The summed E-state index contributed by atoms with van der Waals surface area (Å²) >= 11 is 0. The maximum atomic E-state index is 12.4. The second-order valence-electron chi connectivity index (χ2n) is 4.69. The molecular formula is C15H14NO4S-. The minimum absolute atomic E-state index is 0.119. The van der Waals surface area contributed by atoms with E-state index in [9.17, 15) is 18.3 Å². The lowest BCUT2D eigenvalue weighted by atomic mass is 10.1. The molecule has 1 N–H and O–H groups in total. The van der Waals surface area contributed by atoms with Gasteiger partial charge in [0.15, 0.2) is 0 Å². The van der Waals surface area contributed by atoms with Gasteiger partial charge in [0, 0.05) is 0 Å². The summed E-state index contributed by atoms with van der Waals surface area (Å²) in [5.41, 5.74) is 1.89. The predicted octanol–water partition coefficient (Wildman–Crippen LogP) is 1.47. The van der Waals surface area contributed by atoms with E-state index in [1.54, 1.807) is 26.0 Å². The van der Waals surface area contributed by atoms with E-state index >= 15 is 0 Å². The van der Waals surface area contributed by atoms with Gasteiger partial charge in [0.2, 0.25) is 0 Å². The Kier molecular flexibility index (Phi) is 3.99. The minimum atomic E-state index is -3.86. The van der Waals surface area contributed by atoms with Crippen molar-refractivity contribution in [1.29, 1.82) is 0 Å². The third-order valence-corrected chi connectivity index (χ3v) is 4.44. The van der Waals surface area contributed by atoms with Gasteiger partial charge >= 0.3 is 0 Å². The van der Waals surface area contributed by atoms with Crippen LogP contribution >= 0.6 is 0 Å². The van der Waals surface area contributed by atoms with E-state index in [-0.39, 0.29) is 10.5 Å². The summed E-state index contributed by atoms with van der Waals surface area (Å²) < 4.78 is 27.2. The smallest absolute Gasteiger partial charge is 0.261 e. The van der Waals surface area contributed by atoms with Crippen LogP contribution in [0.15, 0.2) is 47.4 Å². The Morgan fingerprint density at radius 2 is 1.62 bits per heavy atom. The van der Waals surface area contributed by atoms with Crippen molar-refractivity contribution in [3.05, 3.63) is 59.2 Å². The molecule has 0 atom stereocenters. The van der Waals surface area contributed by atoms with Crippen LogP contribution < -0.4 is 9.83 Å². The zero-order chi connectivity index (χ0) is 15.6. The van der Waals surface area contributed by atoms with Crippen LogP contribution in [-0.4, -0.2) is 14.4 Å². The predicted molar refractivity (Wildman–Crippen MR) is 77.5 cm³/mol. The molecule has 0 unspecified atom stereocenters. The Bertz CT molecular complexity index is 777. The molecule has 5 nitrogen and oxygen atoms in total. The fourth-order valence-electron chi connectivity index (χ4n) is 1.96. The molecule has 0 aromatic heterocycles. The van der Waals surface area contributed by atoms with E-state index in [4.69, 9.17) is 0 Å². The molecule has 0 amide bonds. The van der Waals surface area contributed by atoms with Crippen LogP contribution in [0.1, 0.15) is 21.5 Å². The molecule has 0 aliphatic heterocycles. The number of hydrogen-bond acceptors (Lipinski definition) is 4. The van der Waals surface area contributed by atoms with Crippen LogP contribution in [0, 0.1) is 13.8 Å². The fourth-order valence-corrected chi connectivity index (χ4v) is 3.21. The zero-order valence-electron chi connectivity index (χ0n) is 11.6. The molecule has 2 aromatic rings. The highest BCUT2D eigenvalue weighted by Gasteiger charge is 2.16. The molecule has 0 aliphatic carbocycles. The average Bonchev–Trinajstić information content (AvgIpc) is 2.43. The number of carbonyl (C=O) groups is 1. The number of carboxylic acids is 1. The molecule has 6 heteroatoms. The number of hydrogen-bond donors (Lipinski definition) is 1. The number of sulfonamides is 1. The first-order valence-electron chi connectivity index (χ1n) is 6.22. The Morgan fingerprint density at radius 1 is 1.05 bits per heavy atom. The Labute approximate surface area is 123 Å². The lowest BCUT2D eigenvalue weighted by molar-refractivity contribution is -0.255. The highest BCUT2D eigenvalue weighted by atomic mass is 32.2. The minimum Gasteiger partial charge on any atom is -0.545 e. The Balaban J connectivity index is 2.44. The van der Waals surface area contributed by atoms with Crippen molar-refractivity contribution in [3.8, 4) is 0 Å². The van der Waals surface area contributed by atoms with Gasteiger partial charge in [-0.25, -0.2) is 8.42 Å². The molecule has 110 valence electrons. The SMILES string of the molecule is Cc1cccc(C)c1NS(=O)(=O)c1cccc(C(=O)[O-])c1. The van der Waals surface area contributed by atoms with Gasteiger partial charge in [-0.2, -0.15) is 0 Å². The lowest BCUT2D eigenvalue weighted by Crippen LogP contribution is -2.23. The maximum absolute atomic E-state index is 12.4. The number of benzene rings is 2. The second kappa shape index (κ2) is 5.57. The number of nitrogens with one attached hydrogen (secondary N) is 1. The number of aromatic carboxylic acids is 1. The quantitative estimate of drug-likeness (QED) is 0.926. The summed E-state index contributed by atoms with van der Waals surface area (Å²) in [4.78, 5) is 10.7.